The summed E-state index contributed by atoms with van der Waals surface area (Å²) < 4.78 is 59.3. The molecule has 6 unspecified atom stereocenters. The predicted molar refractivity (Wildman–Crippen MR) is 276 cm³/mol. The van der Waals surface area contributed by atoms with Crippen molar-refractivity contribution in [3.8, 4) is 0 Å². The van der Waals surface area contributed by atoms with Crippen LogP contribution in [0.4, 0.5) is 0 Å². The molecule has 1 aliphatic heterocycles. The van der Waals surface area contributed by atoms with E-state index in [1.165, 1.54) is 89.9 Å². The van der Waals surface area contributed by atoms with Gasteiger partial charge in [-0.25, -0.2) is 4.18 Å². The normalized spacial score (nSPS) is 19.9. The molecule has 0 aromatic carbocycles. The molecule has 0 aliphatic carbocycles. The first-order chi connectivity index (χ1) is 33.1. The Morgan fingerprint density at radius 1 is 0.574 bits per heavy atom. The summed E-state index contributed by atoms with van der Waals surface area (Å²) in [5.41, 5.74) is 0. The topological polar surface area (TPSA) is 178 Å². The minimum atomic E-state index is -5.07. The van der Waals surface area contributed by atoms with Gasteiger partial charge in [-0.05, 0) is 83.5 Å². The van der Waals surface area contributed by atoms with Crippen LogP contribution in [0.2, 0.25) is 0 Å². The summed E-state index contributed by atoms with van der Waals surface area (Å²) in [7, 11) is -5.07. The molecule has 0 spiro atoms. The molecule has 13 heteroatoms. The molecule has 0 radical (unpaired) electrons. The van der Waals surface area contributed by atoms with Crippen molar-refractivity contribution in [2.75, 3.05) is 26.4 Å². The second kappa shape index (κ2) is 45.7. The number of esters is 1. The summed E-state index contributed by atoms with van der Waals surface area (Å²) in [6.07, 6.45) is 50.8. The van der Waals surface area contributed by atoms with Crippen LogP contribution in [0.1, 0.15) is 206 Å². The third kappa shape index (κ3) is 38.3. The average Bonchev–Trinajstić information content (AvgIpc) is 3.31. The molecule has 0 aromatic rings. The van der Waals surface area contributed by atoms with E-state index in [-0.39, 0.29) is 19.6 Å². The Kier molecular flexibility index (Phi) is 42.7. The van der Waals surface area contributed by atoms with E-state index in [0.29, 0.717) is 13.0 Å². The smallest absolute Gasteiger partial charge is 0.397 e. The van der Waals surface area contributed by atoms with Crippen molar-refractivity contribution in [1.82, 2.24) is 0 Å². The number of allylic oxidation sites excluding steroid dienone is 12. The molecule has 394 valence electrons. The molecule has 0 amide bonds. The first kappa shape index (κ1) is 63.6. The Morgan fingerprint density at radius 2 is 1.01 bits per heavy atom. The van der Waals surface area contributed by atoms with Gasteiger partial charge in [0.2, 0.25) is 0 Å². The lowest BCUT2D eigenvalue weighted by Crippen LogP contribution is -2.60. The number of rotatable bonds is 46. The summed E-state index contributed by atoms with van der Waals surface area (Å²) in [6.45, 7) is 3.84. The van der Waals surface area contributed by atoms with Crippen molar-refractivity contribution in [2.45, 2.75) is 243 Å². The molecule has 1 saturated heterocycles. The van der Waals surface area contributed by atoms with Gasteiger partial charge in [0.15, 0.2) is 6.29 Å². The molecule has 1 heterocycles. The molecule has 0 aromatic heterocycles. The maximum atomic E-state index is 12.9. The van der Waals surface area contributed by atoms with E-state index in [0.717, 1.165) is 89.9 Å². The highest BCUT2D eigenvalue weighted by Gasteiger charge is 2.48. The Bertz CT molecular complexity index is 1460. The molecule has 1 aliphatic rings. The van der Waals surface area contributed by atoms with Crippen LogP contribution in [0.5, 0.6) is 0 Å². The highest BCUT2D eigenvalue weighted by Crippen LogP contribution is 2.26. The van der Waals surface area contributed by atoms with E-state index in [1.54, 1.807) is 0 Å². The van der Waals surface area contributed by atoms with E-state index in [9.17, 15) is 33.1 Å². The van der Waals surface area contributed by atoms with Gasteiger partial charge in [-0.2, -0.15) is 8.42 Å². The van der Waals surface area contributed by atoms with Crippen LogP contribution >= 0.6 is 0 Å². The highest BCUT2D eigenvalue weighted by molar-refractivity contribution is 7.80. The van der Waals surface area contributed by atoms with Crippen molar-refractivity contribution >= 4 is 16.4 Å². The fraction of sp³-hybridized carbons (Fsp3) is 0.764. The van der Waals surface area contributed by atoms with Crippen molar-refractivity contribution in [3.05, 3.63) is 72.9 Å². The molecule has 12 nitrogen and oxygen atoms in total. The highest BCUT2D eigenvalue weighted by atomic mass is 32.3. The van der Waals surface area contributed by atoms with E-state index in [2.05, 4.69) is 90.9 Å². The molecule has 68 heavy (non-hydrogen) atoms. The molecule has 1 rings (SSSR count). The van der Waals surface area contributed by atoms with Gasteiger partial charge in [-0.3, -0.25) is 9.35 Å². The van der Waals surface area contributed by atoms with Crippen LogP contribution in [-0.2, 0) is 38.3 Å². The Balaban J connectivity index is 2.33. The summed E-state index contributed by atoms with van der Waals surface area (Å²) in [5, 5.41) is 30.8. The fourth-order valence-corrected chi connectivity index (χ4v) is 8.32. The number of ether oxygens (including phenoxy) is 4. The third-order valence-electron chi connectivity index (χ3n) is 11.8. The average molecular weight is 981 g/mol. The van der Waals surface area contributed by atoms with Gasteiger partial charge in [-0.15, -0.1) is 0 Å². The first-order valence-electron chi connectivity index (χ1n) is 26.7. The lowest BCUT2D eigenvalue weighted by molar-refractivity contribution is -0.301. The van der Waals surface area contributed by atoms with Gasteiger partial charge in [0.05, 0.1) is 19.8 Å². The monoisotopic (exact) mass is 981 g/mol. The molecule has 4 N–H and O–H groups in total. The maximum absolute atomic E-state index is 12.9. The summed E-state index contributed by atoms with van der Waals surface area (Å²) in [4.78, 5) is 12.9. The van der Waals surface area contributed by atoms with E-state index < -0.39 is 59.8 Å². The van der Waals surface area contributed by atoms with Gasteiger partial charge in [0.1, 0.15) is 30.5 Å². The van der Waals surface area contributed by atoms with Crippen LogP contribution in [0.3, 0.4) is 0 Å². The number of hydrogen-bond donors (Lipinski definition) is 4. The maximum Gasteiger partial charge on any atom is 0.397 e. The molecular formula is C55H96O12S. The minimum Gasteiger partial charge on any atom is -0.457 e. The van der Waals surface area contributed by atoms with Gasteiger partial charge in [0.25, 0.3) is 0 Å². The van der Waals surface area contributed by atoms with Gasteiger partial charge >= 0.3 is 16.4 Å². The SMILES string of the molecule is CC/C=C\C/C=C\C/C=C\CCCCCCCCOCC(COC1OC(CO)C(O)C(OS(=O)(=O)O)C1O)OC(=O)CCCCCCCCCCCC/C=C\C/C=C\C/C=C\CCCCCCC. The van der Waals surface area contributed by atoms with Gasteiger partial charge in [-0.1, -0.05) is 189 Å². The number of carbonyl (C=O) groups is 1. The second-order valence-electron chi connectivity index (χ2n) is 18.1. The Labute approximate surface area is 413 Å². The Hall–Kier alpha value is -2.46. The van der Waals surface area contributed by atoms with E-state index in [1.807, 2.05) is 0 Å². The summed E-state index contributed by atoms with van der Waals surface area (Å²) in [5.74, 6) is -0.410. The molecule has 0 saturated carbocycles. The van der Waals surface area contributed by atoms with Crippen LogP contribution < -0.4 is 0 Å². The van der Waals surface area contributed by atoms with Crippen molar-refractivity contribution in [1.29, 1.82) is 0 Å². The summed E-state index contributed by atoms with van der Waals surface area (Å²) in [6, 6.07) is 0. The number of unbranched alkanes of at least 4 members (excludes halogenated alkanes) is 21. The standard InChI is InChI=1S/C55H96O12S/c1-3-5-7-9-11-13-15-17-19-21-22-23-24-25-26-27-28-29-30-32-34-36-38-40-42-44-51(57)65-49(48-64-55-53(59)54(67-68(60,61)62)52(58)50(46-56)66-55)47-63-45-43-41-39-37-35-33-31-20-18-16-14-12-10-8-6-4-2/h6,8,12,14-15,17-18,20-22,24-25,49-50,52-56,58-59H,3-5,7,9-11,13,16,19,23,26-48H2,1-2H3,(H,60,61,62)/b8-6-,14-12-,17-15-,20-18-,22-21-,25-24-. The van der Waals surface area contributed by atoms with Gasteiger partial charge in [0, 0.05) is 13.0 Å². The minimum absolute atomic E-state index is 0.0223. The summed E-state index contributed by atoms with van der Waals surface area (Å²) >= 11 is 0. The first-order valence-corrected chi connectivity index (χ1v) is 28.1. The zero-order valence-electron chi connectivity index (χ0n) is 42.4. The van der Waals surface area contributed by atoms with E-state index >= 15 is 0 Å². The zero-order chi connectivity index (χ0) is 49.6. The number of carbonyl (C=O) groups excluding carboxylic acids is 1. The second-order valence-corrected chi connectivity index (χ2v) is 19.1. The van der Waals surface area contributed by atoms with Gasteiger partial charge < -0.3 is 34.3 Å². The zero-order valence-corrected chi connectivity index (χ0v) is 43.2. The van der Waals surface area contributed by atoms with E-state index in [4.69, 9.17) is 18.9 Å². The fourth-order valence-electron chi connectivity index (χ4n) is 7.81. The molecule has 6 atom stereocenters. The van der Waals surface area contributed by atoms with Crippen molar-refractivity contribution in [3.63, 3.8) is 0 Å². The Morgan fingerprint density at radius 3 is 1.49 bits per heavy atom. The van der Waals surface area contributed by atoms with Crippen LogP contribution in [0.25, 0.3) is 0 Å². The van der Waals surface area contributed by atoms with Crippen molar-refractivity contribution in [2.24, 2.45) is 0 Å². The molecule has 0 bridgehead atoms. The van der Waals surface area contributed by atoms with Crippen LogP contribution in [0, 0.1) is 0 Å². The molecule has 1 fully saturated rings. The third-order valence-corrected chi connectivity index (χ3v) is 12.3. The number of aliphatic hydroxyl groups excluding tert-OH is 3. The lowest BCUT2D eigenvalue weighted by atomic mass is 9.99. The largest absolute Gasteiger partial charge is 0.457 e. The van der Waals surface area contributed by atoms with Crippen molar-refractivity contribution < 1.29 is 56.2 Å². The number of aliphatic hydroxyl groups is 3. The van der Waals surface area contributed by atoms with Crippen LogP contribution in [-0.4, -0.2) is 97.5 Å². The van der Waals surface area contributed by atoms with Crippen LogP contribution in [0.15, 0.2) is 72.9 Å². The quantitative estimate of drug-likeness (QED) is 0.0197. The predicted octanol–water partition coefficient (Wildman–Crippen LogP) is 12.6. The number of hydrogen-bond acceptors (Lipinski definition) is 11. The molecular weight excluding hydrogens is 885 g/mol. The lowest BCUT2D eigenvalue weighted by Gasteiger charge is -2.41.